The summed E-state index contributed by atoms with van der Waals surface area (Å²) in [6, 6.07) is 4.74. The number of rotatable bonds is 5. The Balaban J connectivity index is 2.90. The Morgan fingerprint density at radius 1 is 1.59 bits per heavy atom. The molecule has 0 aliphatic rings. The molecule has 1 unspecified atom stereocenters. The molecule has 0 saturated carbocycles. The van der Waals surface area contributed by atoms with Crippen LogP contribution in [0.1, 0.15) is 25.5 Å². The molecule has 1 aromatic carbocycles. The Labute approximate surface area is 106 Å². The number of hydrogen-bond donors (Lipinski definition) is 2. The number of aliphatic hydroxyl groups is 1. The number of benzene rings is 1. The summed E-state index contributed by atoms with van der Waals surface area (Å²) in [7, 11) is 0. The molecule has 0 bridgehead atoms. The molecule has 1 amide bonds. The third-order valence-electron chi connectivity index (χ3n) is 2.22. The topological polar surface area (TPSA) is 58.6 Å². The van der Waals surface area contributed by atoms with Crippen molar-refractivity contribution in [3.8, 4) is 5.75 Å². The van der Waals surface area contributed by atoms with Gasteiger partial charge in [0.05, 0.1) is 24.3 Å². The zero-order valence-electron chi connectivity index (χ0n) is 9.87. The van der Waals surface area contributed by atoms with Gasteiger partial charge in [0, 0.05) is 6.92 Å². The van der Waals surface area contributed by atoms with E-state index in [1.54, 1.807) is 18.2 Å². The SMILES string of the molecule is CCOc1ccc(C(CO)NC(C)=O)cc1Cl. The van der Waals surface area contributed by atoms with Gasteiger partial charge in [0.1, 0.15) is 5.75 Å². The van der Waals surface area contributed by atoms with Crippen molar-refractivity contribution in [2.75, 3.05) is 13.2 Å². The minimum Gasteiger partial charge on any atom is -0.492 e. The monoisotopic (exact) mass is 257 g/mol. The molecule has 0 heterocycles. The van der Waals surface area contributed by atoms with Crippen LogP contribution in [0, 0.1) is 0 Å². The van der Waals surface area contributed by atoms with E-state index in [9.17, 15) is 9.90 Å². The van der Waals surface area contributed by atoms with E-state index in [4.69, 9.17) is 16.3 Å². The van der Waals surface area contributed by atoms with Crippen molar-refractivity contribution in [2.24, 2.45) is 0 Å². The molecule has 0 aliphatic heterocycles. The van der Waals surface area contributed by atoms with Crippen molar-refractivity contribution < 1.29 is 14.6 Å². The average molecular weight is 258 g/mol. The van der Waals surface area contributed by atoms with Gasteiger partial charge in [-0.1, -0.05) is 17.7 Å². The summed E-state index contributed by atoms with van der Waals surface area (Å²) in [5.41, 5.74) is 0.746. The fourth-order valence-electron chi connectivity index (χ4n) is 1.49. The quantitative estimate of drug-likeness (QED) is 0.847. The van der Waals surface area contributed by atoms with Crippen LogP contribution in [0.5, 0.6) is 5.75 Å². The fourth-order valence-corrected chi connectivity index (χ4v) is 1.73. The van der Waals surface area contributed by atoms with Crippen molar-refractivity contribution in [3.63, 3.8) is 0 Å². The first-order valence-electron chi connectivity index (χ1n) is 5.38. The second kappa shape index (κ2) is 6.47. The second-order valence-electron chi connectivity index (χ2n) is 3.56. The largest absolute Gasteiger partial charge is 0.492 e. The summed E-state index contributed by atoms with van der Waals surface area (Å²) in [5, 5.41) is 12.3. The normalized spacial score (nSPS) is 12.0. The molecule has 1 aromatic rings. The lowest BCUT2D eigenvalue weighted by Gasteiger charge is -2.16. The molecular weight excluding hydrogens is 242 g/mol. The molecule has 0 spiro atoms. The number of nitrogens with one attached hydrogen (secondary N) is 1. The van der Waals surface area contributed by atoms with Crippen LogP contribution in [0.4, 0.5) is 0 Å². The molecule has 0 fully saturated rings. The van der Waals surface area contributed by atoms with Crippen LogP contribution in [0.2, 0.25) is 5.02 Å². The number of carbonyl (C=O) groups is 1. The fraction of sp³-hybridized carbons (Fsp3) is 0.417. The van der Waals surface area contributed by atoms with Crippen LogP contribution >= 0.6 is 11.6 Å². The van der Waals surface area contributed by atoms with E-state index in [0.717, 1.165) is 5.56 Å². The number of carbonyl (C=O) groups excluding carboxylic acids is 1. The van der Waals surface area contributed by atoms with Crippen molar-refractivity contribution in [1.29, 1.82) is 0 Å². The van der Waals surface area contributed by atoms with Gasteiger partial charge in [0.2, 0.25) is 5.91 Å². The van der Waals surface area contributed by atoms with Crippen LogP contribution in [0.25, 0.3) is 0 Å². The van der Waals surface area contributed by atoms with E-state index in [1.165, 1.54) is 6.92 Å². The van der Waals surface area contributed by atoms with Gasteiger partial charge in [-0.2, -0.15) is 0 Å². The zero-order valence-corrected chi connectivity index (χ0v) is 10.6. The van der Waals surface area contributed by atoms with Gasteiger partial charge in [-0.05, 0) is 24.6 Å². The van der Waals surface area contributed by atoms with Gasteiger partial charge in [0.25, 0.3) is 0 Å². The summed E-state index contributed by atoms with van der Waals surface area (Å²) < 4.78 is 5.30. The average Bonchev–Trinajstić information content (AvgIpc) is 2.28. The summed E-state index contributed by atoms with van der Waals surface area (Å²) in [6.07, 6.45) is 0. The van der Waals surface area contributed by atoms with E-state index >= 15 is 0 Å². The molecule has 4 nitrogen and oxygen atoms in total. The molecule has 0 saturated heterocycles. The molecule has 0 radical (unpaired) electrons. The predicted molar refractivity (Wildman–Crippen MR) is 66.3 cm³/mol. The molecule has 1 atom stereocenters. The van der Waals surface area contributed by atoms with E-state index in [1.807, 2.05) is 6.92 Å². The lowest BCUT2D eigenvalue weighted by Crippen LogP contribution is -2.28. The summed E-state index contributed by atoms with van der Waals surface area (Å²) in [4.78, 5) is 11.0. The third-order valence-corrected chi connectivity index (χ3v) is 2.51. The number of ether oxygens (including phenoxy) is 1. The van der Waals surface area contributed by atoms with E-state index < -0.39 is 6.04 Å². The predicted octanol–water partition coefficient (Wildman–Crippen LogP) is 1.91. The smallest absolute Gasteiger partial charge is 0.217 e. The van der Waals surface area contributed by atoms with Crippen LogP contribution in [0.3, 0.4) is 0 Å². The van der Waals surface area contributed by atoms with Crippen molar-refractivity contribution in [3.05, 3.63) is 28.8 Å². The Morgan fingerprint density at radius 3 is 2.76 bits per heavy atom. The first-order valence-corrected chi connectivity index (χ1v) is 5.76. The van der Waals surface area contributed by atoms with Crippen molar-refractivity contribution in [2.45, 2.75) is 19.9 Å². The van der Waals surface area contributed by atoms with Gasteiger partial charge < -0.3 is 15.2 Å². The lowest BCUT2D eigenvalue weighted by atomic mass is 10.1. The van der Waals surface area contributed by atoms with Crippen molar-refractivity contribution >= 4 is 17.5 Å². The number of aliphatic hydroxyl groups excluding tert-OH is 1. The van der Waals surface area contributed by atoms with Gasteiger partial charge >= 0.3 is 0 Å². The third kappa shape index (κ3) is 3.91. The molecule has 0 aliphatic carbocycles. The molecule has 17 heavy (non-hydrogen) atoms. The minimum absolute atomic E-state index is 0.177. The van der Waals surface area contributed by atoms with Gasteiger partial charge in [-0.15, -0.1) is 0 Å². The maximum atomic E-state index is 11.0. The standard InChI is InChI=1S/C12H16ClNO3/c1-3-17-12-5-4-9(6-10(12)13)11(7-15)14-8(2)16/h4-6,11,15H,3,7H2,1-2H3,(H,14,16). The molecule has 1 rings (SSSR count). The first kappa shape index (κ1) is 13.8. The van der Waals surface area contributed by atoms with Crippen LogP contribution in [-0.4, -0.2) is 24.2 Å². The number of amides is 1. The highest BCUT2D eigenvalue weighted by molar-refractivity contribution is 6.32. The molecule has 2 N–H and O–H groups in total. The van der Waals surface area contributed by atoms with Crippen LogP contribution in [-0.2, 0) is 4.79 Å². The Bertz CT molecular complexity index is 395. The molecular formula is C12H16ClNO3. The highest BCUT2D eigenvalue weighted by Crippen LogP contribution is 2.27. The van der Waals surface area contributed by atoms with E-state index in [-0.39, 0.29) is 12.5 Å². The Hall–Kier alpha value is -1.26. The Morgan fingerprint density at radius 2 is 2.29 bits per heavy atom. The van der Waals surface area contributed by atoms with E-state index in [2.05, 4.69) is 5.32 Å². The maximum Gasteiger partial charge on any atom is 0.217 e. The van der Waals surface area contributed by atoms with Crippen molar-refractivity contribution in [1.82, 2.24) is 5.32 Å². The summed E-state index contributed by atoms with van der Waals surface area (Å²) in [5.74, 6) is 0.395. The molecule has 94 valence electrons. The van der Waals surface area contributed by atoms with Crippen LogP contribution in [0.15, 0.2) is 18.2 Å². The minimum atomic E-state index is -0.444. The van der Waals surface area contributed by atoms with Gasteiger partial charge in [0.15, 0.2) is 0 Å². The number of hydrogen-bond acceptors (Lipinski definition) is 3. The maximum absolute atomic E-state index is 11.0. The number of halogens is 1. The highest BCUT2D eigenvalue weighted by atomic mass is 35.5. The second-order valence-corrected chi connectivity index (χ2v) is 3.97. The first-order chi connectivity index (χ1) is 8.08. The molecule has 0 aromatic heterocycles. The summed E-state index contributed by atoms with van der Waals surface area (Å²) in [6.45, 7) is 3.63. The highest BCUT2D eigenvalue weighted by Gasteiger charge is 2.13. The zero-order chi connectivity index (χ0) is 12.8. The van der Waals surface area contributed by atoms with E-state index in [0.29, 0.717) is 17.4 Å². The van der Waals surface area contributed by atoms with Gasteiger partial charge in [-0.25, -0.2) is 0 Å². The van der Waals surface area contributed by atoms with Crippen LogP contribution < -0.4 is 10.1 Å². The lowest BCUT2D eigenvalue weighted by molar-refractivity contribution is -0.120. The Kier molecular flexibility index (Phi) is 5.25. The summed E-state index contributed by atoms with van der Waals surface area (Å²) >= 11 is 6.03. The molecule has 5 heteroatoms. The van der Waals surface area contributed by atoms with Gasteiger partial charge in [-0.3, -0.25) is 4.79 Å².